The van der Waals surface area contributed by atoms with Gasteiger partial charge in [-0.25, -0.2) is 13.6 Å². The molecule has 1 aromatic carbocycles. The van der Waals surface area contributed by atoms with Crippen LogP contribution in [0.5, 0.6) is 0 Å². The Bertz CT molecular complexity index is 1420. The summed E-state index contributed by atoms with van der Waals surface area (Å²) in [6, 6.07) is 10.8. The van der Waals surface area contributed by atoms with Crippen LogP contribution in [-0.2, 0) is 41.3 Å². The van der Waals surface area contributed by atoms with Crippen LogP contribution >= 0.6 is 11.3 Å². The van der Waals surface area contributed by atoms with E-state index >= 15 is 0 Å². The first-order valence-corrected chi connectivity index (χ1v) is 12.9. The predicted molar refractivity (Wildman–Crippen MR) is 126 cm³/mol. The van der Waals surface area contributed by atoms with E-state index in [0.29, 0.717) is 22.7 Å². The van der Waals surface area contributed by atoms with Gasteiger partial charge in [-0.15, -0.1) is 11.3 Å². The Hall–Kier alpha value is -3.46. The summed E-state index contributed by atoms with van der Waals surface area (Å²) in [5.41, 5.74) is 4.14. The molecular formula is C23H23N5O4S2. The van der Waals surface area contributed by atoms with Gasteiger partial charge in [0.2, 0.25) is 15.9 Å². The van der Waals surface area contributed by atoms with Crippen molar-refractivity contribution in [3.8, 4) is 6.07 Å². The molecule has 176 valence electrons. The van der Waals surface area contributed by atoms with E-state index in [4.69, 9.17) is 10.4 Å². The maximum absolute atomic E-state index is 12.6. The molecule has 1 unspecified atom stereocenters. The second kappa shape index (κ2) is 9.42. The van der Waals surface area contributed by atoms with E-state index in [2.05, 4.69) is 10.6 Å². The molecule has 2 heterocycles. The van der Waals surface area contributed by atoms with Gasteiger partial charge in [-0.05, 0) is 41.7 Å². The van der Waals surface area contributed by atoms with Crippen LogP contribution < -0.4 is 15.8 Å². The molecule has 0 fully saturated rings. The Kier molecular flexibility index (Phi) is 6.56. The lowest BCUT2D eigenvalue weighted by Gasteiger charge is -2.15. The molecule has 1 aliphatic rings. The van der Waals surface area contributed by atoms with E-state index in [1.807, 2.05) is 24.3 Å². The second-order valence-electron chi connectivity index (χ2n) is 8.19. The lowest BCUT2D eigenvalue weighted by atomic mass is 10.0. The number of nitriles is 1. The third-order valence-electron chi connectivity index (χ3n) is 5.78. The average molecular weight is 498 g/mol. The number of nitrogens with two attached hydrogens (primary N) is 1. The smallest absolute Gasteiger partial charge is 0.261 e. The number of primary sulfonamides is 1. The van der Waals surface area contributed by atoms with E-state index in [0.717, 1.165) is 29.5 Å². The molecule has 3 aromatic rings. The fourth-order valence-electron chi connectivity index (χ4n) is 4.03. The van der Waals surface area contributed by atoms with Crippen LogP contribution in [0.4, 0.5) is 0 Å². The van der Waals surface area contributed by atoms with Gasteiger partial charge in [0.25, 0.3) is 5.91 Å². The minimum Gasteiger partial charge on any atom is -0.353 e. The number of sulfonamides is 1. The maximum atomic E-state index is 12.6. The van der Waals surface area contributed by atoms with Crippen molar-refractivity contribution in [1.82, 2.24) is 15.2 Å². The molecule has 9 nitrogen and oxygen atoms in total. The number of amides is 2. The fraction of sp³-hybridized carbons (Fsp3) is 0.261. The van der Waals surface area contributed by atoms with Crippen LogP contribution in [0, 0.1) is 11.3 Å². The summed E-state index contributed by atoms with van der Waals surface area (Å²) in [6.07, 6.45) is 3.00. The Morgan fingerprint density at radius 3 is 2.76 bits per heavy atom. The topological polar surface area (TPSA) is 147 Å². The highest BCUT2D eigenvalue weighted by atomic mass is 32.2. The maximum Gasteiger partial charge on any atom is 0.261 e. The van der Waals surface area contributed by atoms with Crippen molar-refractivity contribution in [3.05, 3.63) is 74.7 Å². The molecule has 0 saturated heterocycles. The first kappa shape index (κ1) is 23.7. The molecule has 0 radical (unpaired) electrons. The van der Waals surface area contributed by atoms with Gasteiger partial charge in [0.05, 0.1) is 27.8 Å². The molecule has 2 aromatic heterocycles. The average Bonchev–Trinajstić information content (AvgIpc) is 3.51. The van der Waals surface area contributed by atoms with Crippen molar-refractivity contribution in [2.24, 2.45) is 12.2 Å². The number of carbonyl (C=O) groups excluding carboxylic acids is 2. The van der Waals surface area contributed by atoms with E-state index < -0.39 is 10.0 Å². The number of nitrogens with one attached hydrogen (secondary N) is 2. The number of nitrogens with zero attached hydrogens (tertiary/aromatic N) is 2. The van der Waals surface area contributed by atoms with E-state index in [9.17, 15) is 18.0 Å². The normalized spacial score (nSPS) is 14.9. The zero-order valence-electron chi connectivity index (χ0n) is 18.4. The quantitative estimate of drug-likeness (QED) is 0.456. The molecule has 0 bridgehead atoms. The number of benzene rings is 1. The second-order valence-corrected chi connectivity index (χ2v) is 10.7. The summed E-state index contributed by atoms with van der Waals surface area (Å²) < 4.78 is 24.6. The highest BCUT2D eigenvalue weighted by Crippen LogP contribution is 2.32. The van der Waals surface area contributed by atoms with Crippen LogP contribution in [0.1, 0.15) is 50.1 Å². The first-order valence-electron chi connectivity index (χ1n) is 10.5. The van der Waals surface area contributed by atoms with E-state index in [1.165, 1.54) is 23.6 Å². The van der Waals surface area contributed by atoms with Gasteiger partial charge in [0, 0.05) is 30.9 Å². The molecule has 0 aliphatic heterocycles. The summed E-state index contributed by atoms with van der Waals surface area (Å²) in [5.74, 6) is -0.424. The molecule has 1 atom stereocenters. The predicted octanol–water partition coefficient (Wildman–Crippen LogP) is 1.88. The Labute approximate surface area is 201 Å². The minimum atomic E-state index is -3.82. The fourth-order valence-corrected chi connectivity index (χ4v) is 5.39. The highest BCUT2D eigenvalue weighted by Gasteiger charge is 2.25. The summed E-state index contributed by atoms with van der Waals surface area (Å²) in [6.45, 7) is 0.364. The number of rotatable bonds is 7. The first-order chi connectivity index (χ1) is 16.1. The zero-order valence-corrected chi connectivity index (χ0v) is 20.0. The van der Waals surface area contributed by atoms with E-state index in [1.54, 1.807) is 23.1 Å². The van der Waals surface area contributed by atoms with Gasteiger partial charge in [0.1, 0.15) is 6.07 Å². The minimum absolute atomic E-state index is 0.0202. The molecule has 34 heavy (non-hydrogen) atoms. The van der Waals surface area contributed by atoms with E-state index in [-0.39, 0.29) is 29.2 Å². The summed E-state index contributed by atoms with van der Waals surface area (Å²) >= 11 is 1.23. The van der Waals surface area contributed by atoms with Crippen LogP contribution in [0.2, 0.25) is 0 Å². The largest absolute Gasteiger partial charge is 0.353 e. The molecule has 4 rings (SSSR count). The Morgan fingerprint density at radius 2 is 2.09 bits per heavy atom. The van der Waals surface area contributed by atoms with Gasteiger partial charge in [-0.1, -0.05) is 18.2 Å². The van der Waals surface area contributed by atoms with Gasteiger partial charge < -0.3 is 15.2 Å². The number of aromatic nitrogens is 1. The molecule has 1 aliphatic carbocycles. The van der Waals surface area contributed by atoms with Crippen molar-refractivity contribution in [1.29, 1.82) is 5.26 Å². The standard InChI is InChI=1S/C23H23N5O4S2/c1-28-12-18(34(25,31)32)8-17(28)9-22(29)27-20-5-3-16-6-14(2-4-19(16)20)11-26-23(30)21-7-15(10-24)13-33-21/h2,4,6-8,12-13,20H,3,5,9,11H2,1H3,(H,26,30)(H,27,29)(H2,25,31,32). The van der Waals surface area contributed by atoms with Crippen molar-refractivity contribution in [2.75, 3.05) is 0 Å². The lowest BCUT2D eigenvalue weighted by molar-refractivity contribution is -0.121. The number of aryl methyl sites for hydroxylation is 2. The molecule has 4 N–H and O–H groups in total. The monoisotopic (exact) mass is 497 g/mol. The molecule has 11 heteroatoms. The van der Waals surface area contributed by atoms with Gasteiger partial charge in [-0.3, -0.25) is 9.59 Å². The van der Waals surface area contributed by atoms with Crippen molar-refractivity contribution in [2.45, 2.75) is 36.7 Å². The SMILES string of the molecule is Cn1cc(S(N)(=O)=O)cc1CC(=O)NC1CCc2cc(CNC(=O)c3cc(C#N)cs3)ccc21. The van der Waals surface area contributed by atoms with Crippen molar-refractivity contribution in [3.63, 3.8) is 0 Å². The zero-order chi connectivity index (χ0) is 24.5. The van der Waals surface area contributed by atoms with Gasteiger partial charge >= 0.3 is 0 Å². The van der Waals surface area contributed by atoms with Crippen LogP contribution in [0.3, 0.4) is 0 Å². The van der Waals surface area contributed by atoms with Crippen molar-refractivity contribution >= 4 is 33.2 Å². The number of fused-ring (bicyclic) bond motifs is 1. The van der Waals surface area contributed by atoms with Crippen LogP contribution in [0.15, 0.2) is 46.8 Å². The number of hydrogen-bond acceptors (Lipinski definition) is 6. The Balaban J connectivity index is 1.36. The van der Waals surface area contributed by atoms with Crippen molar-refractivity contribution < 1.29 is 18.0 Å². The molecule has 0 spiro atoms. The summed E-state index contributed by atoms with van der Waals surface area (Å²) in [5, 5.41) is 21.6. The lowest BCUT2D eigenvalue weighted by Crippen LogP contribution is -2.29. The van der Waals surface area contributed by atoms with Crippen LogP contribution in [0.25, 0.3) is 0 Å². The van der Waals surface area contributed by atoms with Gasteiger partial charge in [0.15, 0.2) is 0 Å². The van der Waals surface area contributed by atoms with Crippen LogP contribution in [-0.4, -0.2) is 24.8 Å². The number of hydrogen-bond donors (Lipinski definition) is 3. The number of thiophene rings is 1. The molecular weight excluding hydrogens is 474 g/mol. The summed E-state index contributed by atoms with van der Waals surface area (Å²) in [7, 11) is -2.15. The number of carbonyl (C=O) groups is 2. The highest BCUT2D eigenvalue weighted by molar-refractivity contribution is 7.89. The summed E-state index contributed by atoms with van der Waals surface area (Å²) in [4.78, 5) is 25.4. The third-order valence-corrected chi connectivity index (χ3v) is 7.59. The molecule has 0 saturated carbocycles. The molecule has 2 amide bonds. The third kappa shape index (κ3) is 5.20. The van der Waals surface area contributed by atoms with Gasteiger partial charge in [-0.2, -0.15) is 5.26 Å². The Morgan fingerprint density at radius 1 is 1.29 bits per heavy atom.